The molecule has 0 saturated carbocycles. The maximum Gasteiger partial charge on any atom is 0.164 e. The summed E-state index contributed by atoms with van der Waals surface area (Å²) >= 11 is 0. The van der Waals surface area contributed by atoms with Gasteiger partial charge in [-0.1, -0.05) is 19.9 Å². The number of hydrogen-bond donors (Lipinski definition) is 0. The van der Waals surface area contributed by atoms with Crippen LogP contribution in [0.15, 0.2) is 18.2 Å². The molecule has 3 heteroatoms. The van der Waals surface area contributed by atoms with E-state index >= 15 is 0 Å². The maximum absolute atomic E-state index is 13.9. The molecule has 0 N–H and O–H groups in total. The fraction of sp³-hybridized carbons (Fsp3) is 0.588. The van der Waals surface area contributed by atoms with Crippen LogP contribution in [0.25, 0.3) is 0 Å². The minimum atomic E-state index is -0.403. The van der Waals surface area contributed by atoms with Crippen molar-refractivity contribution in [2.45, 2.75) is 40.0 Å². The molecule has 1 aliphatic heterocycles. The van der Waals surface area contributed by atoms with E-state index in [1.54, 1.807) is 6.07 Å². The monoisotopic (exact) mass is 277 g/mol. The van der Waals surface area contributed by atoms with Crippen molar-refractivity contribution < 1.29 is 9.18 Å². The number of carbonyl (C=O) groups is 1. The van der Waals surface area contributed by atoms with E-state index in [1.165, 1.54) is 19.4 Å². The van der Waals surface area contributed by atoms with Crippen molar-refractivity contribution in [2.24, 2.45) is 11.8 Å². The van der Waals surface area contributed by atoms with Gasteiger partial charge < -0.3 is 4.90 Å². The average Bonchev–Trinajstić information content (AvgIpc) is 2.38. The summed E-state index contributed by atoms with van der Waals surface area (Å²) in [4.78, 5) is 13.8. The standard InChI is InChI=1S/C17H24FNO/c1-12(2)11-14-7-9-19(10-8-14)16-6-4-5-15(18)17(16)13(3)20/h4-6,12,14H,7-11H2,1-3H3. The predicted octanol–water partition coefficient (Wildman–Crippen LogP) is 4.29. The number of nitrogens with zero attached hydrogens (tertiary/aromatic N) is 1. The quantitative estimate of drug-likeness (QED) is 0.765. The number of Topliss-reactive ketones (excluding diaryl/α,β-unsaturated/α-hetero) is 1. The number of carbonyl (C=O) groups excluding carboxylic acids is 1. The van der Waals surface area contributed by atoms with Crippen LogP contribution in [-0.2, 0) is 0 Å². The van der Waals surface area contributed by atoms with Crippen LogP contribution in [0.3, 0.4) is 0 Å². The van der Waals surface area contributed by atoms with E-state index in [2.05, 4.69) is 18.7 Å². The molecule has 0 unspecified atom stereocenters. The summed E-state index contributed by atoms with van der Waals surface area (Å²) in [5.74, 6) is 0.899. The summed E-state index contributed by atoms with van der Waals surface area (Å²) in [5, 5.41) is 0. The number of ketones is 1. The second kappa shape index (κ2) is 6.38. The molecule has 1 saturated heterocycles. The fourth-order valence-corrected chi connectivity index (χ4v) is 3.20. The number of anilines is 1. The van der Waals surface area contributed by atoms with Crippen molar-refractivity contribution >= 4 is 11.5 Å². The number of hydrogen-bond acceptors (Lipinski definition) is 2. The van der Waals surface area contributed by atoms with Gasteiger partial charge in [0.2, 0.25) is 0 Å². The van der Waals surface area contributed by atoms with E-state index in [0.717, 1.165) is 43.5 Å². The second-order valence-electron chi connectivity index (χ2n) is 6.25. The Morgan fingerprint density at radius 3 is 2.55 bits per heavy atom. The molecule has 2 rings (SSSR count). The summed E-state index contributed by atoms with van der Waals surface area (Å²) in [7, 11) is 0. The summed E-state index contributed by atoms with van der Waals surface area (Å²) in [6, 6.07) is 4.92. The molecule has 110 valence electrons. The Bertz CT molecular complexity index is 476. The topological polar surface area (TPSA) is 20.3 Å². The van der Waals surface area contributed by atoms with Crippen molar-refractivity contribution in [1.82, 2.24) is 0 Å². The van der Waals surface area contributed by atoms with Crippen LogP contribution >= 0.6 is 0 Å². The van der Waals surface area contributed by atoms with Crippen LogP contribution in [0.5, 0.6) is 0 Å². The summed E-state index contributed by atoms with van der Waals surface area (Å²) < 4.78 is 13.9. The third kappa shape index (κ3) is 3.38. The number of benzene rings is 1. The van der Waals surface area contributed by atoms with E-state index in [1.807, 2.05) is 6.07 Å². The van der Waals surface area contributed by atoms with Gasteiger partial charge in [0.1, 0.15) is 5.82 Å². The molecule has 0 aliphatic carbocycles. The highest BCUT2D eigenvalue weighted by molar-refractivity contribution is 6.00. The van der Waals surface area contributed by atoms with E-state index < -0.39 is 5.82 Å². The Morgan fingerprint density at radius 1 is 1.35 bits per heavy atom. The van der Waals surface area contributed by atoms with E-state index in [4.69, 9.17) is 0 Å². The van der Waals surface area contributed by atoms with Crippen LogP contribution < -0.4 is 4.90 Å². The van der Waals surface area contributed by atoms with Gasteiger partial charge in [-0.05, 0) is 50.2 Å². The summed E-state index contributed by atoms with van der Waals surface area (Å²) in [6.07, 6.45) is 3.52. The third-order valence-electron chi connectivity index (χ3n) is 4.10. The van der Waals surface area contributed by atoms with Crippen LogP contribution in [0, 0.1) is 17.7 Å². The first kappa shape index (κ1) is 15.0. The van der Waals surface area contributed by atoms with E-state index in [0.29, 0.717) is 0 Å². The van der Waals surface area contributed by atoms with Crippen LogP contribution in [0.1, 0.15) is 50.4 Å². The molecule has 0 atom stereocenters. The summed E-state index contributed by atoms with van der Waals surface area (Å²) in [6.45, 7) is 7.79. The van der Waals surface area contributed by atoms with Gasteiger partial charge in [0, 0.05) is 13.1 Å². The van der Waals surface area contributed by atoms with Crippen LogP contribution in [0.2, 0.25) is 0 Å². The van der Waals surface area contributed by atoms with Crippen LogP contribution in [0.4, 0.5) is 10.1 Å². The Morgan fingerprint density at radius 2 is 2.00 bits per heavy atom. The predicted molar refractivity (Wildman–Crippen MR) is 80.8 cm³/mol. The zero-order valence-electron chi connectivity index (χ0n) is 12.7. The van der Waals surface area contributed by atoms with Gasteiger partial charge in [0.25, 0.3) is 0 Å². The highest BCUT2D eigenvalue weighted by Gasteiger charge is 2.23. The molecule has 1 aromatic rings. The first-order valence-electron chi connectivity index (χ1n) is 7.53. The molecule has 1 aliphatic rings. The third-order valence-corrected chi connectivity index (χ3v) is 4.10. The first-order valence-corrected chi connectivity index (χ1v) is 7.53. The zero-order valence-corrected chi connectivity index (χ0v) is 12.7. The lowest BCUT2D eigenvalue weighted by Crippen LogP contribution is -2.35. The minimum absolute atomic E-state index is 0.192. The molecule has 0 spiro atoms. The van der Waals surface area contributed by atoms with Gasteiger partial charge >= 0.3 is 0 Å². The molecule has 0 aromatic heterocycles. The Kier molecular flexibility index (Phi) is 4.79. The Hall–Kier alpha value is -1.38. The fourth-order valence-electron chi connectivity index (χ4n) is 3.20. The van der Waals surface area contributed by atoms with E-state index in [9.17, 15) is 9.18 Å². The highest BCUT2D eigenvalue weighted by Crippen LogP contribution is 2.30. The zero-order chi connectivity index (χ0) is 14.7. The molecule has 1 fully saturated rings. The molecule has 2 nitrogen and oxygen atoms in total. The largest absolute Gasteiger partial charge is 0.371 e. The van der Waals surface area contributed by atoms with Gasteiger partial charge in [-0.15, -0.1) is 0 Å². The van der Waals surface area contributed by atoms with E-state index in [-0.39, 0.29) is 11.3 Å². The molecular formula is C17H24FNO. The lowest BCUT2D eigenvalue weighted by atomic mass is 9.88. The molecule has 20 heavy (non-hydrogen) atoms. The van der Waals surface area contributed by atoms with Crippen molar-refractivity contribution in [2.75, 3.05) is 18.0 Å². The number of halogens is 1. The number of piperidine rings is 1. The minimum Gasteiger partial charge on any atom is -0.371 e. The van der Waals surface area contributed by atoms with Crippen molar-refractivity contribution in [3.05, 3.63) is 29.6 Å². The molecule has 0 bridgehead atoms. The van der Waals surface area contributed by atoms with Crippen molar-refractivity contribution in [3.63, 3.8) is 0 Å². The molecule has 0 radical (unpaired) electrons. The SMILES string of the molecule is CC(=O)c1c(F)cccc1N1CCC(CC(C)C)CC1. The van der Waals surface area contributed by atoms with Gasteiger partial charge in [-0.2, -0.15) is 0 Å². The lowest BCUT2D eigenvalue weighted by molar-refractivity contribution is 0.101. The van der Waals surface area contributed by atoms with Crippen molar-refractivity contribution in [3.8, 4) is 0 Å². The van der Waals surface area contributed by atoms with Gasteiger partial charge in [0.05, 0.1) is 11.3 Å². The Balaban J connectivity index is 2.11. The highest BCUT2D eigenvalue weighted by atomic mass is 19.1. The molecule has 1 heterocycles. The first-order chi connectivity index (χ1) is 9.49. The van der Waals surface area contributed by atoms with Crippen molar-refractivity contribution in [1.29, 1.82) is 0 Å². The van der Waals surface area contributed by atoms with Gasteiger partial charge in [0.15, 0.2) is 5.78 Å². The number of rotatable bonds is 4. The Labute approximate surface area is 121 Å². The van der Waals surface area contributed by atoms with Gasteiger partial charge in [-0.25, -0.2) is 4.39 Å². The normalized spacial score (nSPS) is 16.8. The lowest BCUT2D eigenvalue weighted by Gasteiger charge is -2.35. The average molecular weight is 277 g/mol. The second-order valence-corrected chi connectivity index (χ2v) is 6.25. The maximum atomic E-state index is 13.9. The molecule has 1 aromatic carbocycles. The summed E-state index contributed by atoms with van der Waals surface area (Å²) in [5.41, 5.74) is 1.01. The van der Waals surface area contributed by atoms with Gasteiger partial charge in [-0.3, -0.25) is 4.79 Å². The smallest absolute Gasteiger partial charge is 0.164 e. The van der Waals surface area contributed by atoms with Crippen LogP contribution in [-0.4, -0.2) is 18.9 Å². The molecule has 0 amide bonds. The molecular weight excluding hydrogens is 253 g/mol.